The number of nitrogens with two attached hydrogens (primary N) is 1. The summed E-state index contributed by atoms with van der Waals surface area (Å²) in [5.74, 6) is -0.719. The van der Waals surface area contributed by atoms with Crippen molar-refractivity contribution in [3.8, 4) is 0 Å². The van der Waals surface area contributed by atoms with Gasteiger partial charge in [-0.2, -0.15) is 0 Å². The maximum absolute atomic E-state index is 12.5. The smallest absolute Gasteiger partial charge is 0.462 e. The van der Waals surface area contributed by atoms with Gasteiger partial charge in [-0.3, -0.25) is 23.4 Å². The molecule has 0 bridgehead atoms. The Hall–Kier alpha value is -2.10. The fourth-order valence-electron chi connectivity index (χ4n) is 5.37. The lowest BCUT2D eigenvalue weighted by Gasteiger charge is -2.19. The van der Waals surface area contributed by atoms with Crippen molar-refractivity contribution in [3.63, 3.8) is 0 Å². The molecular formula is C41H74NO9P. The van der Waals surface area contributed by atoms with Gasteiger partial charge in [-0.15, -0.1) is 0 Å². The molecule has 2 atom stereocenters. The van der Waals surface area contributed by atoms with Crippen molar-refractivity contribution in [2.45, 2.75) is 180 Å². The zero-order valence-corrected chi connectivity index (χ0v) is 33.7. The van der Waals surface area contributed by atoms with Gasteiger partial charge < -0.3 is 20.1 Å². The Balaban J connectivity index is 4.26. The van der Waals surface area contributed by atoms with Crippen LogP contribution in [0.25, 0.3) is 0 Å². The Kier molecular flexibility index (Phi) is 35.7. The number of phosphoric ester groups is 1. The Morgan fingerprint density at radius 3 is 1.71 bits per heavy atom. The van der Waals surface area contributed by atoms with E-state index in [-0.39, 0.29) is 38.4 Å². The number of carbonyl (C=O) groups excluding carboxylic acids is 3. The Morgan fingerprint density at radius 1 is 0.615 bits per heavy atom. The normalized spacial score (nSPS) is 13.6. The minimum Gasteiger partial charge on any atom is -0.462 e. The summed E-state index contributed by atoms with van der Waals surface area (Å²) in [5.41, 5.74) is 5.33. The largest absolute Gasteiger partial charge is 0.472 e. The number of hydrogen-bond donors (Lipinski definition) is 2. The molecule has 0 amide bonds. The van der Waals surface area contributed by atoms with Crippen LogP contribution in [0.5, 0.6) is 0 Å². The summed E-state index contributed by atoms with van der Waals surface area (Å²) in [5, 5.41) is 0. The molecule has 0 radical (unpaired) electrons. The van der Waals surface area contributed by atoms with Crippen molar-refractivity contribution >= 4 is 25.5 Å². The van der Waals surface area contributed by atoms with Crippen LogP contribution < -0.4 is 5.73 Å². The van der Waals surface area contributed by atoms with E-state index in [9.17, 15) is 23.8 Å². The van der Waals surface area contributed by atoms with E-state index in [1.807, 2.05) is 12.2 Å². The van der Waals surface area contributed by atoms with Gasteiger partial charge in [0.2, 0.25) is 0 Å². The third-order valence-corrected chi connectivity index (χ3v) is 9.46. The topological polar surface area (TPSA) is 151 Å². The first-order chi connectivity index (χ1) is 25.2. The molecule has 0 saturated heterocycles. The van der Waals surface area contributed by atoms with Crippen LogP contribution in [-0.4, -0.2) is 55.1 Å². The molecule has 11 heteroatoms. The van der Waals surface area contributed by atoms with Gasteiger partial charge in [-0.25, -0.2) is 4.57 Å². The minimum absolute atomic E-state index is 0.0393. The molecule has 0 spiro atoms. The molecule has 0 aromatic rings. The average molecular weight is 756 g/mol. The number of rotatable bonds is 38. The van der Waals surface area contributed by atoms with Crippen LogP contribution in [0.4, 0.5) is 0 Å². The van der Waals surface area contributed by atoms with Crippen LogP contribution >= 0.6 is 7.82 Å². The number of phosphoric acid groups is 1. The van der Waals surface area contributed by atoms with Gasteiger partial charge >= 0.3 is 19.8 Å². The standard InChI is InChI=1S/C41H74NO9P/c1-3-5-7-8-9-10-11-12-13-14-15-18-22-25-29-33-41(45)51-39(37-50-52(46,47)49-35-34-42)36-48-40(44)32-28-24-21-19-16-17-20-23-27-31-38(43)30-26-6-4-2/h10-11,20,23,27,31,39H,3-9,12-19,21-22,24-26,28-30,32-37,42H2,1-2H3,(H,46,47)/b11-10-,23-20-,31-27+/t39-/m1/s1. The third kappa shape index (κ3) is 36.3. The number of hydrogen-bond acceptors (Lipinski definition) is 9. The van der Waals surface area contributed by atoms with E-state index < -0.39 is 32.5 Å². The molecule has 52 heavy (non-hydrogen) atoms. The second-order valence-corrected chi connectivity index (χ2v) is 15.0. The lowest BCUT2D eigenvalue weighted by Crippen LogP contribution is -2.29. The van der Waals surface area contributed by atoms with Crippen molar-refractivity contribution in [1.82, 2.24) is 0 Å². The van der Waals surface area contributed by atoms with E-state index in [1.54, 1.807) is 6.08 Å². The molecule has 0 aromatic heterocycles. The van der Waals surface area contributed by atoms with Gasteiger partial charge in [0.25, 0.3) is 0 Å². The fraction of sp³-hybridized carbons (Fsp3) is 0.780. The molecule has 10 nitrogen and oxygen atoms in total. The summed E-state index contributed by atoms with van der Waals surface area (Å²) in [6, 6.07) is 0. The van der Waals surface area contributed by atoms with Gasteiger partial charge in [0.05, 0.1) is 13.2 Å². The molecule has 3 N–H and O–H groups in total. The molecule has 302 valence electrons. The SMILES string of the molecule is CCCCCC/C=C\CCCCCCCCCC(=O)O[C@H](COC(=O)CCCCCCC/C=C\C=C\C(=O)CCCCC)COP(=O)(O)OCCN. The van der Waals surface area contributed by atoms with Gasteiger partial charge in [-0.05, 0) is 63.9 Å². The number of ketones is 1. The van der Waals surface area contributed by atoms with Crippen molar-refractivity contribution in [2.24, 2.45) is 5.73 Å². The summed E-state index contributed by atoms with van der Waals surface area (Å²) in [6.07, 6.45) is 35.8. The fourth-order valence-corrected chi connectivity index (χ4v) is 6.14. The van der Waals surface area contributed by atoms with Crippen molar-refractivity contribution in [1.29, 1.82) is 0 Å². The minimum atomic E-state index is -4.39. The number of unbranched alkanes of at least 4 members (excludes halogenated alkanes) is 18. The molecule has 0 aliphatic rings. The number of ether oxygens (including phenoxy) is 2. The summed E-state index contributed by atoms with van der Waals surface area (Å²) < 4.78 is 32.6. The molecule has 0 saturated carbocycles. The maximum Gasteiger partial charge on any atom is 0.472 e. The van der Waals surface area contributed by atoms with Gasteiger partial charge in [0.15, 0.2) is 11.9 Å². The first kappa shape index (κ1) is 49.9. The molecule has 0 aliphatic carbocycles. The molecule has 0 heterocycles. The highest BCUT2D eigenvalue weighted by Gasteiger charge is 2.26. The number of carbonyl (C=O) groups is 3. The van der Waals surface area contributed by atoms with E-state index in [4.69, 9.17) is 24.3 Å². The van der Waals surface area contributed by atoms with Crippen molar-refractivity contribution in [2.75, 3.05) is 26.4 Å². The molecule has 0 fully saturated rings. The van der Waals surface area contributed by atoms with Gasteiger partial charge in [0.1, 0.15) is 6.61 Å². The Bertz CT molecular complexity index is 1010. The van der Waals surface area contributed by atoms with Crippen LogP contribution in [0.2, 0.25) is 0 Å². The van der Waals surface area contributed by atoms with E-state index in [0.29, 0.717) is 19.3 Å². The predicted octanol–water partition coefficient (Wildman–Crippen LogP) is 10.6. The second-order valence-electron chi connectivity index (χ2n) is 13.5. The van der Waals surface area contributed by atoms with E-state index in [1.165, 1.54) is 51.4 Å². The van der Waals surface area contributed by atoms with Gasteiger partial charge in [-0.1, -0.05) is 128 Å². The molecule has 0 rings (SSSR count). The summed E-state index contributed by atoms with van der Waals surface area (Å²) in [7, 11) is -4.39. The highest BCUT2D eigenvalue weighted by Crippen LogP contribution is 2.43. The first-order valence-corrected chi connectivity index (χ1v) is 21.9. The summed E-state index contributed by atoms with van der Waals surface area (Å²) in [6.45, 7) is 3.50. The summed E-state index contributed by atoms with van der Waals surface area (Å²) in [4.78, 5) is 46.5. The van der Waals surface area contributed by atoms with Crippen LogP contribution in [0.3, 0.4) is 0 Å². The molecule has 0 aromatic carbocycles. The zero-order chi connectivity index (χ0) is 38.4. The average Bonchev–Trinajstić information content (AvgIpc) is 3.12. The third-order valence-electron chi connectivity index (χ3n) is 8.47. The lowest BCUT2D eigenvalue weighted by molar-refractivity contribution is -0.161. The van der Waals surface area contributed by atoms with Crippen LogP contribution in [0.1, 0.15) is 174 Å². The van der Waals surface area contributed by atoms with E-state index >= 15 is 0 Å². The second kappa shape index (κ2) is 37.2. The molecule has 1 unspecified atom stereocenters. The molecular weight excluding hydrogens is 681 g/mol. The van der Waals surface area contributed by atoms with Crippen molar-refractivity contribution < 1.29 is 42.4 Å². The quantitative estimate of drug-likeness (QED) is 0.0155. The number of esters is 2. The number of allylic oxidation sites excluding steroid dienone is 6. The monoisotopic (exact) mass is 756 g/mol. The Labute approximate surface area is 316 Å². The van der Waals surface area contributed by atoms with E-state index in [0.717, 1.165) is 77.0 Å². The highest BCUT2D eigenvalue weighted by molar-refractivity contribution is 7.47. The van der Waals surface area contributed by atoms with Crippen LogP contribution in [0.15, 0.2) is 36.5 Å². The van der Waals surface area contributed by atoms with Crippen molar-refractivity contribution in [3.05, 3.63) is 36.5 Å². The first-order valence-electron chi connectivity index (χ1n) is 20.4. The molecule has 0 aliphatic heterocycles. The van der Waals surface area contributed by atoms with E-state index in [2.05, 4.69) is 32.1 Å². The Morgan fingerprint density at radius 2 is 1.12 bits per heavy atom. The van der Waals surface area contributed by atoms with Gasteiger partial charge in [0, 0.05) is 25.8 Å². The van der Waals surface area contributed by atoms with Crippen LogP contribution in [-0.2, 0) is 37.5 Å². The predicted molar refractivity (Wildman–Crippen MR) is 211 cm³/mol. The maximum atomic E-state index is 12.5. The highest BCUT2D eigenvalue weighted by atomic mass is 31.2. The van der Waals surface area contributed by atoms with Crippen LogP contribution in [0, 0.1) is 0 Å². The zero-order valence-electron chi connectivity index (χ0n) is 32.8. The summed E-state index contributed by atoms with van der Waals surface area (Å²) >= 11 is 0. The lowest BCUT2D eigenvalue weighted by atomic mass is 10.1.